The van der Waals surface area contributed by atoms with Crippen LogP contribution in [0.15, 0.2) is 41.8 Å². The van der Waals surface area contributed by atoms with Crippen LogP contribution in [0.2, 0.25) is 10.0 Å². The Morgan fingerprint density at radius 3 is 2.75 bits per heavy atom. The number of carbonyl (C=O) groups is 1. The molecule has 7 heteroatoms. The van der Waals surface area contributed by atoms with Crippen LogP contribution in [-0.4, -0.2) is 42.7 Å². The number of hydrogen-bond acceptors (Lipinski definition) is 4. The number of halogens is 2. The third-order valence-electron chi connectivity index (χ3n) is 3.71. The third-order valence-corrected chi connectivity index (χ3v) is 4.44. The van der Waals surface area contributed by atoms with E-state index in [4.69, 9.17) is 27.9 Å². The molecule has 0 spiro atoms. The van der Waals surface area contributed by atoms with E-state index < -0.39 is 0 Å². The lowest BCUT2D eigenvalue weighted by atomic mass is 10.2. The Balaban J connectivity index is 1.66. The molecule has 2 rings (SSSR count). The van der Waals surface area contributed by atoms with Crippen LogP contribution >= 0.6 is 23.2 Å². The van der Waals surface area contributed by atoms with Crippen LogP contribution in [0.5, 0.6) is 5.75 Å². The minimum atomic E-state index is -0.261. The van der Waals surface area contributed by atoms with E-state index in [1.165, 1.54) is 0 Å². The Labute approximate surface area is 151 Å². The lowest BCUT2D eigenvalue weighted by molar-refractivity contribution is -0.117. The standard InChI is InChI=1S/C17H20Cl2N2O3/c1-11-16(22)13(10-21(11)2)17(23)20-7-3-4-8-24-12-5-6-14(18)15(19)9-12/h5-6,9,22H,1,3-4,7-8,10H2,2H3,(H,20,23). The number of amides is 1. The summed E-state index contributed by atoms with van der Waals surface area (Å²) < 4.78 is 5.57. The summed E-state index contributed by atoms with van der Waals surface area (Å²) in [5.74, 6) is 0.373. The largest absolute Gasteiger partial charge is 0.505 e. The molecule has 1 amide bonds. The van der Waals surface area contributed by atoms with Gasteiger partial charge in [0.05, 0.1) is 34.5 Å². The molecular weight excluding hydrogens is 351 g/mol. The van der Waals surface area contributed by atoms with Crippen LogP contribution in [0.3, 0.4) is 0 Å². The number of likely N-dealkylation sites (N-methyl/N-ethyl adjacent to an activating group) is 1. The monoisotopic (exact) mass is 370 g/mol. The molecule has 0 bridgehead atoms. The van der Waals surface area contributed by atoms with E-state index >= 15 is 0 Å². The fraction of sp³-hybridized carbons (Fsp3) is 0.353. The third kappa shape index (κ3) is 4.58. The smallest absolute Gasteiger partial charge is 0.252 e. The Kier molecular flexibility index (Phi) is 6.40. The minimum Gasteiger partial charge on any atom is -0.505 e. The Bertz CT molecular complexity index is 674. The van der Waals surface area contributed by atoms with Crippen molar-refractivity contribution in [3.05, 3.63) is 51.9 Å². The normalized spacial score (nSPS) is 14.3. The predicted octanol–water partition coefficient (Wildman–Crippen LogP) is 3.54. The van der Waals surface area contributed by atoms with Crippen molar-refractivity contribution in [1.29, 1.82) is 0 Å². The van der Waals surface area contributed by atoms with Gasteiger partial charge in [-0.15, -0.1) is 0 Å². The maximum Gasteiger partial charge on any atom is 0.252 e. The van der Waals surface area contributed by atoms with Gasteiger partial charge >= 0.3 is 0 Å². The highest BCUT2D eigenvalue weighted by atomic mass is 35.5. The van der Waals surface area contributed by atoms with Gasteiger partial charge in [-0.3, -0.25) is 4.79 Å². The number of nitrogens with zero attached hydrogens (tertiary/aromatic N) is 1. The molecule has 1 aliphatic rings. The van der Waals surface area contributed by atoms with E-state index in [2.05, 4.69) is 11.9 Å². The van der Waals surface area contributed by atoms with E-state index in [1.807, 2.05) is 0 Å². The van der Waals surface area contributed by atoms with E-state index in [0.717, 1.165) is 12.8 Å². The van der Waals surface area contributed by atoms with Gasteiger partial charge in [0.1, 0.15) is 11.5 Å². The van der Waals surface area contributed by atoms with Crippen LogP contribution in [0.1, 0.15) is 12.8 Å². The number of ether oxygens (including phenoxy) is 1. The van der Waals surface area contributed by atoms with Gasteiger partial charge in [-0.25, -0.2) is 0 Å². The summed E-state index contributed by atoms with van der Waals surface area (Å²) >= 11 is 11.7. The molecule has 24 heavy (non-hydrogen) atoms. The van der Waals surface area contributed by atoms with Gasteiger partial charge < -0.3 is 20.1 Å². The molecule has 1 aromatic rings. The summed E-state index contributed by atoms with van der Waals surface area (Å²) in [6.45, 7) is 5.11. The molecule has 0 aromatic heterocycles. The molecular formula is C17H20Cl2N2O3. The van der Waals surface area contributed by atoms with Crippen molar-refractivity contribution < 1.29 is 14.6 Å². The summed E-state index contributed by atoms with van der Waals surface area (Å²) in [5.41, 5.74) is 0.824. The van der Waals surface area contributed by atoms with E-state index in [0.29, 0.717) is 46.8 Å². The first-order valence-electron chi connectivity index (χ1n) is 7.58. The van der Waals surface area contributed by atoms with E-state index in [-0.39, 0.29) is 11.7 Å². The first-order chi connectivity index (χ1) is 11.4. The predicted molar refractivity (Wildman–Crippen MR) is 95.6 cm³/mol. The number of carbonyl (C=O) groups excluding carboxylic acids is 1. The van der Waals surface area contributed by atoms with Crippen molar-refractivity contribution in [2.75, 3.05) is 26.7 Å². The van der Waals surface area contributed by atoms with Crippen molar-refractivity contribution >= 4 is 29.1 Å². The fourth-order valence-electron chi connectivity index (χ4n) is 2.23. The van der Waals surface area contributed by atoms with Gasteiger partial charge in [-0.2, -0.15) is 0 Å². The molecule has 0 aliphatic carbocycles. The van der Waals surface area contributed by atoms with Gasteiger partial charge in [0.15, 0.2) is 0 Å². The summed E-state index contributed by atoms with van der Waals surface area (Å²) in [7, 11) is 1.78. The zero-order valence-electron chi connectivity index (χ0n) is 13.4. The number of benzene rings is 1. The highest BCUT2D eigenvalue weighted by Gasteiger charge is 2.26. The van der Waals surface area contributed by atoms with Crippen LogP contribution < -0.4 is 10.1 Å². The van der Waals surface area contributed by atoms with Gasteiger partial charge in [-0.05, 0) is 25.0 Å². The second-order valence-electron chi connectivity index (χ2n) is 5.52. The zero-order chi connectivity index (χ0) is 17.7. The van der Waals surface area contributed by atoms with Crippen molar-refractivity contribution in [2.45, 2.75) is 12.8 Å². The number of aliphatic hydroxyl groups excluding tert-OH is 1. The molecule has 1 heterocycles. The first kappa shape index (κ1) is 18.5. The number of rotatable bonds is 7. The van der Waals surface area contributed by atoms with E-state index in [1.54, 1.807) is 30.1 Å². The Morgan fingerprint density at radius 2 is 2.12 bits per heavy atom. The quantitative estimate of drug-likeness (QED) is 0.720. The van der Waals surface area contributed by atoms with Crippen molar-refractivity contribution in [1.82, 2.24) is 10.2 Å². The number of nitrogens with one attached hydrogen (secondary N) is 1. The molecule has 0 saturated heterocycles. The molecule has 5 nitrogen and oxygen atoms in total. The van der Waals surface area contributed by atoms with Crippen LogP contribution in [0.4, 0.5) is 0 Å². The van der Waals surface area contributed by atoms with Gasteiger partial charge in [0.2, 0.25) is 0 Å². The second-order valence-corrected chi connectivity index (χ2v) is 6.33. The average molecular weight is 371 g/mol. The minimum absolute atomic E-state index is 0.0297. The van der Waals surface area contributed by atoms with Crippen molar-refractivity contribution in [2.24, 2.45) is 0 Å². The lowest BCUT2D eigenvalue weighted by Crippen LogP contribution is -2.28. The first-order valence-corrected chi connectivity index (χ1v) is 8.34. The Hall–Kier alpha value is -1.85. The molecule has 2 N–H and O–H groups in total. The summed E-state index contributed by atoms with van der Waals surface area (Å²) in [6, 6.07) is 5.12. The number of unbranched alkanes of at least 4 members (excludes halogenated alkanes) is 1. The molecule has 0 atom stereocenters. The van der Waals surface area contributed by atoms with Crippen molar-refractivity contribution in [3.63, 3.8) is 0 Å². The molecule has 1 aliphatic heterocycles. The topological polar surface area (TPSA) is 61.8 Å². The molecule has 0 fully saturated rings. The molecule has 1 aromatic carbocycles. The summed E-state index contributed by atoms with van der Waals surface area (Å²) in [4.78, 5) is 13.7. The number of hydrogen-bond donors (Lipinski definition) is 2. The SMILES string of the molecule is C=C1C(O)=C(C(=O)NCCCCOc2ccc(Cl)c(Cl)c2)CN1C. The Morgan fingerprint density at radius 1 is 1.38 bits per heavy atom. The highest BCUT2D eigenvalue weighted by molar-refractivity contribution is 6.42. The number of aliphatic hydroxyl groups is 1. The molecule has 0 saturated carbocycles. The second kappa shape index (κ2) is 8.31. The lowest BCUT2D eigenvalue weighted by Gasteiger charge is -2.11. The molecule has 0 radical (unpaired) electrons. The van der Waals surface area contributed by atoms with E-state index in [9.17, 15) is 9.90 Å². The van der Waals surface area contributed by atoms with Gasteiger partial charge in [0, 0.05) is 19.7 Å². The fourth-order valence-corrected chi connectivity index (χ4v) is 2.52. The summed E-state index contributed by atoms with van der Waals surface area (Å²) in [6.07, 6.45) is 1.54. The highest BCUT2D eigenvalue weighted by Crippen LogP contribution is 2.26. The zero-order valence-corrected chi connectivity index (χ0v) is 15.0. The van der Waals surface area contributed by atoms with Gasteiger partial charge in [0.25, 0.3) is 5.91 Å². The van der Waals surface area contributed by atoms with Crippen LogP contribution in [-0.2, 0) is 4.79 Å². The summed E-state index contributed by atoms with van der Waals surface area (Å²) in [5, 5.41) is 13.6. The molecule has 0 unspecified atom stereocenters. The molecule has 130 valence electrons. The maximum atomic E-state index is 12.0. The average Bonchev–Trinajstić information content (AvgIpc) is 2.81. The van der Waals surface area contributed by atoms with Crippen LogP contribution in [0.25, 0.3) is 0 Å². The van der Waals surface area contributed by atoms with Crippen LogP contribution in [0, 0.1) is 0 Å². The van der Waals surface area contributed by atoms with Gasteiger partial charge in [-0.1, -0.05) is 29.8 Å². The van der Waals surface area contributed by atoms with Crippen molar-refractivity contribution in [3.8, 4) is 5.75 Å². The maximum absolute atomic E-state index is 12.0.